The van der Waals surface area contributed by atoms with Crippen LogP contribution < -0.4 is 18.9 Å². The lowest BCUT2D eigenvalue weighted by Gasteiger charge is -2.09. The van der Waals surface area contributed by atoms with Crippen molar-refractivity contribution in [2.75, 3.05) is 6.79 Å². The van der Waals surface area contributed by atoms with Crippen molar-refractivity contribution in [1.82, 2.24) is 0 Å². The molecule has 0 aromatic heterocycles. The van der Waals surface area contributed by atoms with E-state index in [2.05, 4.69) is 0 Å². The highest BCUT2D eigenvalue weighted by molar-refractivity contribution is 6.30. The number of Topliss-reactive ketones (excluding diaryl/α,β-unsaturated/α-hetero) is 1. The lowest BCUT2D eigenvalue weighted by atomic mass is 10.0. The number of fused-ring (bicyclic) bond motifs is 2. The molecule has 3 aromatic rings. The maximum absolute atomic E-state index is 12.9. The van der Waals surface area contributed by atoms with Crippen LogP contribution in [0.25, 0.3) is 6.08 Å². The van der Waals surface area contributed by atoms with Gasteiger partial charge in [-0.25, -0.2) is 0 Å². The molecule has 2 aliphatic rings. The first-order valence-electron chi connectivity index (χ1n) is 9.42. The van der Waals surface area contributed by atoms with Crippen LogP contribution in [-0.2, 0) is 6.61 Å². The van der Waals surface area contributed by atoms with Crippen molar-refractivity contribution in [2.24, 2.45) is 0 Å². The molecule has 0 unspecified atom stereocenters. The van der Waals surface area contributed by atoms with Gasteiger partial charge in [0.05, 0.1) is 5.56 Å². The fourth-order valence-electron chi connectivity index (χ4n) is 3.46. The van der Waals surface area contributed by atoms with Crippen LogP contribution in [0.3, 0.4) is 0 Å². The second-order valence-corrected chi connectivity index (χ2v) is 7.52. The van der Waals surface area contributed by atoms with Gasteiger partial charge in [0.15, 0.2) is 17.3 Å². The molecule has 150 valence electrons. The van der Waals surface area contributed by atoms with Gasteiger partial charge in [-0.15, -0.1) is 0 Å². The van der Waals surface area contributed by atoms with Gasteiger partial charge in [0.1, 0.15) is 18.1 Å². The van der Waals surface area contributed by atoms with Crippen LogP contribution in [0.4, 0.5) is 0 Å². The topological polar surface area (TPSA) is 54.0 Å². The molecule has 5 rings (SSSR count). The summed E-state index contributed by atoms with van der Waals surface area (Å²) in [4.78, 5) is 12.9. The van der Waals surface area contributed by atoms with Crippen molar-refractivity contribution >= 4 is 23.5 Å². The standard InChI is InChI=1S/C24H17ClO5/c1-14-8-18(27-12-15-2-5-17(25)6-3-15)11-21-23(14)24(26)22(30-21)10-16-4-7-19-20(9-16)29-13-28-19/h2-11H,12-13H2,1H3/b22-10-. The average Bonchev–Trinajstić information content (AvgIpc) is 3.32. The molecule has 2 heterocycles. The SMILES string of the molecule is Cc1cc(OCc2ccc(Cl)cc2)cc2c1C(=O)/C(=C/c1ccc3c(c1)OCO3)O2. The van der Waals surface area contributed by atoms with Crippen LogP contribution >= 0.6 is 11.6 Å². The highest BCUT2D eigenvalue weighted by Gasteiger charge is 2.30. The first-order chi connectivity index (χ1) is 14.6. The third kappa shape index (κ3) is 3.48. The van der Waals surface area contributed by atoms with E-state index in [0.29, 0.717) is 40.2 Å². The number of hydrogen-bond acceptors (Lipinski definition) is 5. The Bertz CT molecular complexity index is 1180. The Morgan fingerprint density at radius 2 is 1.80 bits per heavy atom. The molecule has 2 aliphatic heterocycles. The summed E-state index contributed by atoms with van der Waals surface area (Å²) < 4.78 is 22.5. The number of carbonyl (C=O) groups excluding carboxylic acids is 1. The molecule has 0 spiro atoms. The van der Waals surface area contributed by atoms with E-state index in [1.54, 1.807) is 12.1 Å². The van der Waals surface area contributed by atoms with Crippen molar-refractivity contribution in [1.29, 1.82) is 0 Å². The normalized spacial score (nSPS) is 15.3. The summed E-state index contributed by atoms with van der Waals surface area (Å²) in [5, 5.41) is 0.681. The molecule has 0 amide bonds. The summed E-state index contributed by atoms with van der Waals surface area (Å²) in [5.74, 6) is 2.60. The van der Waals surface area contributed by atoms with E-state index < -0.39 is 0 Å². The minimum atomic E-state index is -0.149. The fraction of sp³-hybridized carbons (Fsp3) is 0.125. The van der Waals surface area contributed by atoms with Crippen LogP contribution in [0.2, 0.25) is 5.02 Å². The van der Waals surface area contributed by atoms with Gasteiger partial charge in [-0.2, -0.15) is 0 Å². The molecule has 0 saturated carbocycles. The summed E-state index contributed by atoms with van der Waals surface area (Å²) in [5.41, 5.74) is 3.16. The zero-order valence-electron chi connectivity index (χ0n) is 16.1. The molecule has 30 heavy (non-hydrogen) atoms. The minimum Gasteiger partial charge on any atom is -0.489 e. The maximum atomic E-state index is 12.9. The lowest BCUT2D eigenvalue weighted by molar-refractivity contribution is 0.101. The highest BCUT2D eigenvalue weighted by Crippen LogP contribution is 2.39. The second kappa shape index (κ2) is 7.43. The van der Waals surface area contributed by atoms with E-state index in [-0.39, 0.29) is 18.3 Å². The molecule has 0 bridgehead atoms. The Morgan fingerprint density at radius 3 is 2.63 bits per heavy atom. The Labute approximate surface area is 178 Å². The predicted molar refractivity (Wildman–Crippen MR) is 112 cm³/mol. The van der Waals surface area contributed by atoms with E-state index in [4.69, 9.17) is 30.5 Å². The first kappa shape index (κ1) is 18.6. The maximum Gasteiger partial charge on any atom is 0.232 e. The molecule has 0 saturated heterocycles. The van der Waals surface area contributed by atoms with Crippen molar-refractivity contribution in [3.8, 4) is 23.0 Å². The van der Waals surface area contributed by atoms with Gasteiger partial charge in [-0.05, 0) is 60.0 Å². The predicted octanol–water partition coefficient (Wildman–Crippen LogP) is 5.57. The monoisotopic (exact) mass is 420 g/mol. The largest absolute Gasteiger partial charge is 0.489 e. The Kier molecular flexibility index (Phi) is 4.60. The molecule has 6 heteroatoms. The minimum absolute atomic E-state index is 0.149. The summed E-state index contributed by atoms with van der Waals surface area (Å²) >= 11 is 5.92. The quantitative estimate of drug-likeness (QED) is 0.516. The number of hydrogen-bond donors (Lipinski definition) is 0. The summed E-state index contributed by atoms with van der Waals surface area (Å²) in [7, 11) is 0. The number of allylic oxidation sites excluding steroid dienone is 1. The summed E-state index contributed by atoms with van der Waals surface area (Å²) in [6.45, 7) is 2.47. The van der Waals surface area contributed by atoms with Crippen molar-refractivity contribution in [3.05, 3.63) is 87.6 Å². The Morgan fingerprint density at radius 1 is 1.00 bits per heavy atom. The molecule has 3 aromatic carbocycles. The van der Waals surface area contributed by atoms with Crippen LogP contribution in [0.5, 0.6) is 23.0 Å². The molecule has 5 nitrogen and oxygen atoms in total. The van der Waals surface area contributed by atoms with Gasteiger partial charge in [0.25, 0.3) is 0 Å². The number of carbonyl (C=O) groups is 1. The van der Waals surface area contributed by atoms with Gasteiger partial charge in [-0.1, -0.05) is 29.8 Å². The van der Waals surface area contributed by atoms with E-state index in [1.807, 2.05) is 55.5 Å². The van der Waals surface area contributed by atoms with Crippen molar-refractivity contribution in [2.45, 2.75) is 13.5 Å². The zero-order chi connectivity index (χ0) is 20.7. The summed E-state index contributed by atoms with van der Waals surface area (Å²) in [6, 6.07) is 16.6. The summed E-state index contributed by atoms with van der Waals surface area (Å²) in [6.07, 6.45) is 1.71. The molecular formula is C24H17ClO5. The van der Waals surface area contributed by atoms with E-state index in [9.17, 15) is 4.79 Å². The molecular weight excluding hydrogens is 404 g/mol. The van der Waals surface area contributed by atoms with Crippen molar-refractivity contribution < 1.29 is 23.7 Å². The Balaban J connectivity index is 1.37. The number of ketones is 1. The molecule has 0 atom stereocenters. The van der Waals surface area contributed by atoms with E-state index in [0.717, 1.165) is 16.7 Å². The number of rotatable bonds is 4. The average molecular weight is 421 g/mol. The lowest BCUT2D eigenvalue weighted by Crippen LogP contribution is -2.00. The number of aryl methyl sites for hydroxylation is 1. The smallest absolute Gasteiger partial charge is 0.232 e. The van der Waals surface area contributed by atoms with E-state index >= 15 is 0 Å². The third-order valence-corrected chi connectivity index (χ3v) is 5.21. The fourth-order valence-corrected chi connectivity index (χ4v) is 3.59. The third-order valence-electron chi connectivity index (χ3n) is 4.96. The van der Waals surface area contributed by atoms with Gasteiger partial charge >= 0.3 is 0 Å². The zero-order valence-corrected chi connectivity index (χ0v) is 16.9. The van der Waals surface area contributed by atoms with Crippen molar-refractivity contribution in [3.63, 3.8) is 0 Å². The van der Waals surface area contributed by atoms with Gasteiger partial charge in [0, 0.05) is 11.1 Å². The molecule has 0 N–H and O–H groups in total. The number of ether oxygens (including phenoxy) is 4. The van der Waals surface area contributed by atoms with Crippen LogP contribution in [0, 0.1) is 6.92 Å². The number of halogens is 1. The second-order valence-electron chi connectivity index (χ2n) is 7.08. The molecule has 0 radical (unpaired) electrons. The first-order valence-corrected chi connectivity index (χ1v) is 9.80. The van der Waals surface area contributed by atoms with E-state index in [1.165, 1.54) is 0 Å². The number of benzene rings is 3. The van der Waals surface area contributed by atoms with Crippen LogP contribution in [-0.4, -0.2) is 12.6 Å². The van der Waals surface area contributed by atoms with Gasteiger partial charge in [-0.3, -0.25) is 4.79 Å². The molecule has 0 aliphatic carbocycles. The molecule has 0 fully saturated rings. The van der Waals surface area contributed by atoms with Crippen LogP contribution in [0.1, 0.15) is 27.0 Å². The van der Waals surface area contributed by atoms with Crippen LogP contribution in [0.15, 0.2) is 60.4 Å². The van der Waals surface area contributed by atoms with Gasteiger partial charge < -0.3 is 18.9 Å². The Hall–Kier alpha value is -3.44. The highest BCUT2D eigenvalue weighted by atomic mass is 35.5. The van der Waals surface area contributed by atoms with Gasteiger partial charge in [0.2, 0.25) is 12.6 Å².